The first-order chi connectivity index (χ1) is 7.86. The molecular weight excluding hydrogens is 200 g/mol. The van der Waals surface area contributed by atoms with E-state index >= 15 is 0 Å². The van der Waals surface area contributed by atoms with E-state index in [2.05, 4.69) is 26.7 Å². The van der Waals surface area contributed by atoms with Crippen LogP contribution in [0.4, 0.5) is 0 Å². The fourth-order valence-corrected chi connectivity index (χ4v) is 1.79. The Labute approximate surface area is 101 Å². The highest BCUT2D eigenvalue weighted by molar-refractivity contribution is 4.96. The third kappa shape index (κ3) is 5.86. The van der Waals surface area contributed by atoms with Crippen LogP contribution in [0.2, 0.25) is 0 Å². The van der Waals surface area contributed by atoms with Crippen molar-refractivity contribution in [3.05, 3.63) is 12.8 Å². The van der Waals surface area contributed by atoms with Crippen LogP contribution >= 0.6 is 0 Å². The van der Waals surface area contributed by atoms with Gasteiger partial charge in [-0.3, -0.25) is 0 Å². The van der Waals surface area contributed by atoms with Crippen molar-refractivity contribution in [3.8, 4) is 0 Å². The molecule has 1 aliphatic rings. The SMILES string of the molecule is CCCCOC1[CH]CC(OCCCC)[CH]C1. The second-order valence-corrected chi connectivity index (χ2v) is 4.47. The molecule has 0 spiro atoms. The summed E-state index contributed by atoms with van der Waals surface area (Å²) in [5.41, 5.74) is 0. The lowest BCUT2D eigenvalue weighted by atomic mass is 9.95. The van der Waals surface area contributed by atoms with Crippen LogP contribution in [0.15, 0.2) is 0 Å². The topological polar surface area (TPSA) is 18.5 Å². The fourth-order valence-electron chi connectivity index (χ4n) is 1.79. The van der Waals surface area contributed by atoms with Crippen molar-refractivity contribution in [1.29, 1.82) is 0 Å². The smallest absolute Gasteiger partial charge is 0.0611 e. The molecular formula is C14H26O2. The van der Waals surface area contributed by atoms with Crippen LogP contribution in [-0.2, 0) is 9.47 Å². The summed E-state index contributed by atoms with van der Waals surface area (Å²) >= 11 is 0. The molecule has 1 saturated carbocycles. The Bertz CT molecular complexity index is 133. The van der Waals surface area contributed by atoms with Gasteiger partial charge >= 0.3 is 0 Å². The third-order valence-electron chi connectivity index (χ3n) is 2.92. The summed E-state index contributed by atoms with van der Waals surface area (Å²) in [6, 6.07) is 0. The van der Waals surface area contributed by atoms with Gasteiger partial charge in [0.25, 0.3) is 0 Å². The molecule has 2 nitrogen and oxygen atoms in total. The summed E-state index contributed by atoms with van der Waals surface area (Å²) in [6.07, 6.45) is 12.0. The summed E-state index contributed by atoms with van der Waals surface area (Å²) in [5.74, 6) is 0. The molecule has 0 aromatic carbocycles. The van der Waals surface area contributed by atoms with Crippen LogP contribution in [0.5, 0.6) is 0 Å². The maximum absolute atomic E-state index is 5.75. The average molecular weight is 226 g/mol. The van der Waals surface area contributed by atoms with Gasteiger partial charge in [-0.05, 0) is 38.5 Å². The van der Waals surface area contributed by atoms with Gasteiger partial charge in [0.05, 0.1) is 12.2 Å². The molecule has 1 rings (SSSR count). The highest BCUT2D eigenvalue weighted by Gasteiger charge is 2.22. The number of unbranched alkanes of at least 4 members (excludes halogenated alkanes) is 2. The van der Waals surface area contributed by atoms with Crippen LogP contribution in [0.25, 0.3) is 0 Å². The van der Waals surface area contributed by atoms with Crippen LogP contribution < -0.4 is 0 Å². The molecule has 0 aromatic rings. The summed E-state index contributed by atoms with van der Waals surface area (Å²) in [5, 5.41) is 0. The van der Waals surface area contributed by atoms with E-state index in [-0.39, 0.29) is 0 Å². The predicted molar refractivity (Wildman–Crippen MR) is 67.1 cm³/mol. The maximum atomic E-state index is 5.75. The molecule has 2 radical (unpaired) electrons. The van der Waals surface area contributed by atoms with Crippen LogP contribution in [-0.4, -0.2) is 25.4 Å². The van der Waals surface area contributed by atoms with Crippen LogP contribution in [0.3, 0.4) is 0 Å². The quantitative estimate of drug-likeness (QED) is 0.589. The Morgan fingerprint density at radius 3 is 1.62 bits per heavy atom. The lowest BCUT2D eigenvalue weighted by molar-refractivity contribution is 0.0189. The zero-order chi connectivity index (χ0) is 11.6. The van der Waals surface area contributed by atoms with Crippen molar-refractivity contribution in [2.75, 3.05) is 13.2 Å². The van der Waals surface area contributed by atoms with E-state index in [0.717, 1.165) is 26.1 Å². The molecule has 0 amide bonds. The molecule has 2 atom stereocenters. The molecule has 0 aliphatic heterocycles. The predicted octanol–water partition coefficient (Wildman–Crippen LogP) is 3.56. The molecule has 94 valence electrons. The molecule has 2 unspecified atom stereocenters. The van der Waals surface area contributed by atoms with E-state index in [1.807, 2.05) is 0 Å². The van der Waals surface area contributed by atoms with Gasteiger partial charge in [0.15, 0.2) is 0 Å². The molecule has 2 heteroatoms. The van der Waals surface area contributed by atoms with Crippen LogP contribution in [0, 0.1) is 12.8 Å². The van der Waals surface area contributed by atoms with Gasteiger partial charge < -0.3 is 9.47 Å². The number of ether oxygens (including phenoxy) is 2. The largest absolute Gasteiger partial charge is 0.378 e. The minimum Gasteiger partial charge on any atom is -0.378 e. The lowest BCUT2D eigenvalue weighted by Gasteiger charge is -2.28. The van der Waals surface area contributed by atoms with Crippen molar-refractivity contribution >= 4 is 0 Å². The van der Waals surface area contributed by atoms with E-state index < -0.39 is 0 Å². The average Bonchev–Trinajstić information content (AvgIpc) is 2.32. The van der Waals surface area contributed by atoms with E-state index in [1.165, 1.54) is 25.7 Å². The van der Waals surface area contributed by atoms with E-state index in [0.29, 0.717) is 12.2 Å². The minimum absolute atomic E-state index is 0.331. The standard InChI is InChI=1S/C14H26O2/c1-3-5-11-15-13-7-9-14(10-8-13)16-12-6-4-2/h7,10,13-14H,3-6,8-9,11-12H2,1-2H3. The monoisotopic (exact) mass is 226 g/mol. The van der Waals surface area contributed by atoms with Crippen molar-refractivity contribution < 1.29 is 9.47 Å². The Hall–Kier alpha value is -0.0800. The second-order valence-electron chi connectivity index (χ2n) is 4.47. The lowest BCUT2D eigenvalue weighted by Crippen LogP contribution is -2.28. The summed E-state index contributed by atoms with van der Waals surface area (Å²) < 4.78 is 11.5. The van der Waals surface area contributed by atoms with Gasteiger partial charge in [-0.15, -0.1) is 0 Å². The Morgan fingerprint density at radius 1 is 0.875 bits per heavy atom. The van der Waals surface area contributed by atoms with Gasteiger partial charge in [-0.25, -0.2) is 0 Å². The Kier molecular flexibility index (Phi) is 7.87. The molecule has 0 saturated heterocycles. The summed E-state index contributed by atoms with van der Waals surface area (Å²) in [7, 11) is 0. The van der Waals surface area contributed by atoms with Crippen molar-refractivity contribution in [1.82, 2.24) is 0 Å². The van der Waals surface area contributed by atoms with E-state index in [9.17, 15) is 0 Å². The minimum atomic E-state index is 0.331. The first-order valence-corrected chi connectivity index (χ1v) is 6.76. The zero-order valence-electron chi connectivity index (χ0n) is 10.8. The highest BCUT2D eigenvalue weighted by atomic mass is 16.5. The van der Waals surface area contributed by atoms with E-state index in [4.69, 9.17) is 9.47 Å². The van der Waals surface area contributed by atoms with Gasteiger partial charge in [-0.2, -0.15) is 0 Å². The number of rotatable bonds is 8. The third-order valence-corrected chi connectivity index (χ3v) is 2.92. The molecule has 16 heavy (non-hydrogen) atoms. The second kappa shape index (κ2) is 9.00. The van der Waals surface area contributed by atoms with Gasteiger partial charge in [-0.1, -0.05) is 26.7 Å². The molecule has 0 bridgehead atoms. The molecule has 0 aromatic heterocycles. The van der Waals surface area contributed by atoms with Crippen molar-refractivity contribution in [2.45, 2.75) is 64.6 Å². The van der Waals surface area contributed by atoms with Crippen molar-refractivity contribution in [2.24, 2.45) is 0 Å². The number of hydrogen-bond donors (Lipinski definition) is 0. The van der Waals surface area contributed by atoms with Crippen molar-refractivity contribution in [3.63, 3.8) is 0 Å². The molecule has 0 N–H and O–H groups in total. The number of hydrogen-bond acceptors (Lipinski definition) is 2. The van der Waals surface area contributed by atoms with Gasteiger partial charge in [0.2, 0.25) is 0 Å². The molecule has 1 fully saturated rings. The van der Waals surface area contributed by atoms with Gasteiger partial charge in [0, 0.05) is 13.2 Å². The fraction of sp³-hybridized carbons (Fsp3) is 0.857. The normalized spacial score (nSPS) is 25.9. The molecule has 1 aliphatic carbocycles. The molecule has 0 heterocycles. The Morgan fingerprint density at radius 2 is 1.31 bits per heavy atom. The summed E-state index contributed by atoms with van der Waals surface area (Å²) in [6.45, 7) is 6.18. The maximum Gasteiger partial charge on any atom is 0.0611 e. The Balaban J connectivity index is 2.00. The van der Waals surface area contributed by atoms with E-state index in [1.54, 1.807) is 0 Å². The first-order valence-electron chi connectivity index (χ1n) is 6.76. The highest BCUT2D eigenvalue weighted by Crippen LogP contribution is 2.22. The zero-order valence-corrected chi connectivity index (χ0v) is 10.8. The van der Waals surface area contributed by atoms with Crippen LogP contribution in [0.1, 0.15) is 52.4 Å². The summed E-state index contributed by atoms with van der Waals surface area (Å²) in [4.78, 5) is 0. The van der Waals surface area contributed by atoms with Gasteiger partial charge in [0.1, 0.15) is 0 Å². The first kappa shape index (κ1) is 14.0.